The van der Waals surface area contributed by atoms with Crippen LogP contribution in [0.2, 0.25) is 0 Å². The van der Waals surface area contributed by atoms with Crippen molar-refractivity contribution in [2.24, 2.45) is 15.9 Å². The maximum atomic E-state index is 4.49. The summed E-state index contributed by atoms with van der Waals surface area (Å²) in [6, 6.07) is 10.8. The van der Waals surface area contributed by atoms with Crippen molar-refractivity contribution in [1.82, 2.24) is 0 Å². The van der Waals surface area contributed by atoms with Gasteiger partial charge in [0.05, 0.1) is 5.92 Å². The molecule has 0 saturated heterocycles. The van der Waals surface area contributed by atoms with E-state index in [0.717, 1.165) is 19.0 Å². The molecule has 1 aliphatic rings. The molecule has 1 aliphatic heterocycles. The molecule has 148 valence electrons. The van der Waals surface area contributed by atoms with Crippen molar-refractivity contribution in [2.45, 2.75) is 96.8 Å². The largest absolute Gasteiger partial charge is 0.243 e. The lowest BCUT2D eigenvalue weighted by molar-refractivity contribution is 0.430. The zero-order chi connectivity index (χ0) is 19.0. The van der Waals surface area contributed by atoms with Crippen LogP contribution >= 0.6 is 0 Å². The maximum Gasteiger partial charge on any atom is 0.243 e. The van der Waals surface area contributed by atoms with E-state index in [0.29, 0.717) is 5.92 Å². The second-order valence-electron chi connectivity index (χ2n) is 7.96. The Balaban J connectivity index is 1.55. The van der Waals surface area contributed by atoms with Crippen molar-refractivity contribution < 1.29 is 0 Å². The van der Waals surface area contributed by atoms with Crippen molar-refractivity contribution in [3.8, 4) is 0 Å². The van der Waals surface area contributed by atoms with Gasteiger partial charge in [-0.25, -0.2) is 0 Å². The molecule has 1 atom stereocenters. The quantitative estimate of drug-likeness (QED) is 0.212. The van der Waals surface area contributed by atoms with Crippen LogP contribution in [-0.4, -0.2) is 12.4 Å². The molecule has 2 rings (SSSR count). The highest BCUT2D eigenvalue weighted by Crippen LogP contribution is 2.29. The molecule has 0 spiro atoms. The number of aliphatic imine (C=N–C) groups is 2. The van der Waals surface area contributed by atoms with Gasteiger partial charge in [-0.3, -0.25) is 0 Å². The van der Waals surface area contributed by atoms with Crippen LogP contribution < -0.4 is 0 Å². The molecule has 1 heterocycles. The Kier molecular flexibility index (Phi) is 11.7. The van der Waals surface area contributed by atoms with Gasteiger partial charge in [0.2, 0.25) is 6.17 Å². The summed E-state index contributed by atoms with van der Waals surface area (Å²) in [6.45, 7) is 2.29. The Hall–Kier alpha value is -1.57. The lowest BCUT2D eigenvalue weighted by Gasteiger charge is -2.14. The third-order valence-electron chi connectivity index (χ3n) is 5.63. The summed E-state index contributed by atoms with van der Waals surface area (Å²) < 4.78 is 0. The molecule has 0 aromatic heterocycles. The first-order valence-corrected chi connectivity index (χ1v) is 11.4. The molecule has 0 saturated carbocycles. The second kappa shape index (κ2) is 14.5. The van der Waals surface area contributed by atoms with Crippen LogP contribution in [-0.2, 0) is 6.42 Å². The van der Waals surface area contributed by atoms with Crippen LogP contribution in [0.4, 0.5) is 0 Å². The average Bonchev–Trinajstić information content (AvgIpc) is 3.24. The third kappa shape index (κ3) is 9.79. The molecule has 0 bridgehead atoms. The monoisotopic (exact) mass is 367 g/mol. The van der Waals surface area contributed by atoms with Crippen molar-refractivity contribution in [3.05, 3.63) is 42.1 Å². The molecular formula is C25H39N2+. The summed E-state index contributed by atoms with van der Waals surface area (Å²) in [4.78, 5) is 8.98. The predicted octanol–water partition coefficient (Wildman–Crippen LogP) is 7.58. The molecule has 1 aromatic rings. The Bertz CT molecular complexity index is 508. The van der Waals surface area contributed by atoms with E-state index in [9.17, 15) is 0 Å². The molecule has 27 heavy (non-hydrogen) atoms. The average molecular weight is 368 g/mol. The van der Waals surface area contributed by atoms with Gasteiger partial charge >= 0.3 is 0 Å². The predicted molar refractivity (Wildman–Crippen MR) is 120 cm³/mol. The minimum atomic E-state index is 0.513. The van der Waals surface area contributed by atoms with Crippen molar-refractivity contribution in [3.63, 3.8) is 0 Å². The molecule has 1 aromatic carbocycles. The van der Waals surface area contributed by atoms with Crippen LogP contribution in [0, 0.1) is 12.1 Å². The van der Waals surface area contributed by atoms with Crippen LogP contribution in [0.5, 0.6) is 0 Å². The summed E-state index contributed by atoms with van der Waals surface area (Å²) in [6.07, 6.45) is 23.7. The highest BCUT2D eigenvalue weighted by Gasteiger charge is 2.28. The fourth-order valence-electron chi connectivity index (χ4n) is 3.91. The van der Waals surface area contributed by atoms with Gasteiger partial charge in [0.1, 0.15) is 0 Å². The molecule has 0 aliphatic carbocycles. The number of aryl methyl sites for hydroxylation is 1. The zero-order valence-electron chi connectivity index (χ0n) is 17.4. The van der Waals surface area contributed by atoms with Gasteiger partial charge in [-0.05, 0) is 24.8 Å². The van der Waals surface area contributed by atoms with Crippen LogP contribution in [0.25, 0.3) is 0 Å². The van der Waals surface area contributed by atoms with Crippen molar-refractivity contribution >= 4 is 12.4 Å². The van der Waals surface area contributed by atoms with Gasteiger partial charge in [-0.2, -0.15) is 0 Å². The molecular weight excluding hydrogens is 328 g/mol. The van der Waals surface area contributed by atoms with Gasteiger partial charge in [0.15, 0.2) is 12.4 Å². The van der Waals surface area contributed by atoms with E-state index in [2.05, 4.69) is 47.2 Å². The Morgan fingerprint density at radius 2 is 1.26 bits per heavy atom. The highest BCUT2D eigenvalue weighted by molar-refractivity contribution is 6.18. The molecule has 2 heteroatoms. The number of hydrogen-bond donors (Lipinski definition) is 0. The number of nitrogens with zero attached hydrogens (tertiary/aromatic N) is 2. The molecule has 2 nitrogen and oxygen atoms in total. The van der Waals surface area contributed by atoms with E-state index >= 15 is 0 Å². The van der Waals surface area contributed by atoms with E-state index in [1.165, 1.54) is 82.6 Å². The normalized spacial score (nSPS) is 14.2. The molecule has 0 fully saturated rings. The number of hydrogen-bond acceptors (Lipinski definition) is 2. The standard InChI is InChI=1S/C25H39N2/c1-2-3-4-5-6-7-8-9-10-11-15-18-24(25-26-21-22-27-25)20-19-23-16-13-12-14-17-23/h12-14,16-17,21-22,24H,2-11,15,18-20H2,1H3/q+1. The van der Waals surface area contributed by atoms with Crippen molar-refractivity contribution in [2.75, 3.05) is 0 Å². The number of benzene rings is 1. The smallest absolute Gasteiger partial charge is 0.0965 e. The zero-order valence-corrected chi connectivity index (χ0v) is 17.4. The minimum absolute atomic E-state index is 0.513. The fraction of sp³-hybridized carbons (Fsp3) is 0.640. The summed E-state index contributed by atoms with van der Waals surface area (Å²) in [7, 11) is 0. The topological polar surface area (TPSA) is 24.7 Å². The van der Waals surface area contributed by atoms with E-state index in [-0.39, 0.29) is 0 Å². The van der Waals surface area contributed by atoms with Gasteiger partial charge < -0.3 is 0 Å². The highest BCUT2D eigenvalue weighted by atomic mass is 15.0. The Labute approximate surface area is 167 Å². The first-order chi connectivity index (χ1) is 13.4. The maximum absolute atomic E-state index is 4.49. The van der Waals surface area contributed by atoms with Crippen LogP contribution in [0.15, 0.2) is 40.3 Å². The van der Waals surface area contributed by atoms with Crippen LogP contribution in [0.1, 0.15) is 96.0 Å². The van der Waals surface area contributed by atoms with Gasteiger partial charge in [0.25, 0.3) is 0 Å². The van der Waals surface area contributed by atoms with Crippen LogP contribution in [0.3, 0.4) is 0 Å². The molecule has 0 amide bonds. The summed E-state index contributed by atoms with van der Waals surface area (Å²) in [5, 5.41) is 0. The summed E-state index contributed by atoms with van der Waals surface area (Å²) in [5.74, 6) is 0.513. The Morgan fingerprint density at radius 3 is 1.85 bits per heavy atom. The lowest BCUT2D eigenvalue weighted by Crippen LogP contribution is -2.09. The van der Waals surface area contributed by atoms with Gasteiger partial charge in [-0.1, -0.05) is 118 Å². The first-order valence-electron chi connectivity index (χ1n) is 11.4. The number of unbranched alkanes of at least 4 members (excludes halogenated alkanes) is 10. The summed E-state index contributed by atoms with van der Waals surface area (Å²) in [5.41, 5.74) is 1.42. The molecule has 0 radical (unpaired) electrons. The SMILES string of the molecule is CCCCCCCCCCCCCC(CCc1ccccc1)[C+]1N=CC=N1. The van der Waals surface area contributed by atoms with E-state index in [4.69, 9.17) is 0 Å². The Morgan fingerprint density at radius 1 is 0.704 bits per heavy atom. The summed E-state index contributed by atoms with van der Waals surface area (Å²) >= 11 is 0. The first kappa shape index (κ1) is 21.7. The van der Waals surface area contributed by atoms with Gasteiger partial charge in [0, 0.05) is 0 Å². The lowest BCUT2D eigenvalue weighted by atomic mass is 9.91. The molecule has 0 N–H and O–H groups in total. The van der Waals surface area contributed by atoms with E-state index in [1.807, 2.05) is 12.4 Å². The number of rotatable bonds is 16. The van der Waals surface area contributed by atoms with E-state index < -0.39 is 0 Å². The molecule has 1 unspecified atom stereocenters. The third-order valence-corrected chi connectivity index (χ3v) is 5.63. The minimum Gasteiger partial charge on any atom is -0.0965 e. The second-order valence-corrected chi connectivity index (χ2v) is 7.96. The van der Waals surface area contributed by atoms with E-state index in [1.54, 1.807) is 0 Å². The fourth-order valence-corrected chi connectivity index (χ4v) is 3.91. The van der Waals surface area contributed by atoms with Crippen molar-refractivity contribution in [1.29, 1.82) is 0 Å². The van der Waals surface area contributed by atoms with Gasteiger partial charge in [-0.15, -0.1) is 0 Å².